The molecule has 0 aliphatic carbocycles. The van der Waals surface area contributed by atoms with Crippen molar-refractivity contribution in [1.82, 2.24) is 5.16 Å². The van der Waals surface area contributed by atoms with Crippen LogP contribution in [0.2, 0.25) is 0 Å². The minimum atomic E-state index is 0.858. The second-order valence-corrected chi connectivity index (χ2v) is 6.08. The number of aryl methyl sites for hydroxylation is 4. The largest absolute Gasteiger partial charge is 0.355 e. The fourth-order valence-electron chi connectivity index (χ4n) is 2.65. The summed E-state index contributed by atoms with van der Waals surface area (Å²) in [5.41, 5.74) is 9.33. The topological polar surface area (TPSA) is 26.0 Å². The summed E-state index contributed by atoms with van der Waals surface area (Å²) in [5.74, 6) is 0.858. The molecule has 2 heteroatoms. The smallest absolute Gasteiger partial charge is 0.170 e. The van der Waals surface area contributed by atoms with Crippen LogP contribution in [-0.4, -0.2) is 5.16 Å². The molecular formula is C20H21NO. The van der Waals surface area contributed by atoms with Crippen LogP contribution in [0.15, 0.2) is 40.9 Å². The van der Waals surface area contributed by atoms with Crippen molar-refractivity contribution in [3.63, 3.8) is 0 Å². The Hall–Kier alpha value is -2.35. The predicted molar refractivity (Wildman–Crippen MR) is 91.1 cm³/mol. The SMILES string of the molecule is Cc1ccc(-c2noc(-c3ccc(C)c(C)c3)c2C)cc1C. The van der Waals surface area contributed by atoms with Gasteiger partial charge in [0.1, 0.15) is 5.69 Å². The quantitative estimate of drug-likeness (QED) is 0.618. The van der Waals surface area contributed by atoms with E-state index in [1.165, 1.54) is 22.3 Å². The van der Waals surface area contributed by atoms with Crippen molar-refractivity contribution >= 4 is 0 Å². The molecule has 0 aliphatic rings. The summed E-state index contributed by atoms with van der Waals surface area (Å²) in [5, 5.41) is 4.31. The van der Waals surface area contributed by atoms with Crippen LogP contribution in [0.25, 0.3) is 22.6 Å². The predicted octanol–water partition coefficient (Wildman–Crippen LogP) is 5.55. The van der Waals surface area contributed by atoms with Crippen molar-refractivity contribution in [2.75, 3.05) is 0 Å². The number of benzene rings is 2. The zero-order valence-electron chi connectivity index (χ0n) is 13.8. The first-order chi connectivity index (χ1) is 10.5. The molecule has 1 aromatic heterocycles. The fourth-order valence-corrected chi connectivity index (χ4v) is 2.65. The van der Waals surface area contributed by atoms with Crippen molar-refractivity contribution in [3.05, 3.63) is 64.2 Å². The van der Waals surface area contributed by atoms with Gasteiger partial charge in [-0.25, -0.2) is 0 Å². The second-order valence-electron chi connectivity index (χ2n) is 6.08. The van der Waals surface area contributed by atoms with Crippen molar-refractivity contribution < 1.29 is 4.52 Å². The maximum atomic E-state index is 5.65. The van der Waals surface area contributed by atoms with E-state index in [0.29, 0.717) is 0 Å². The zero-order valence-corrected chi connectivity index (χ0v) is 13.8. The lowest BCUT2D eigenvalue weighted by Gasteiger charge is -2.04. The van der Waals surface area contributed by atoms with Gasteiger partial charge in [-0.15, -0.1) is 0 Å². The summed E-state index contributed by atoms with van der Waals surface area (Å²) in [7, 11) is 0. The molecule has 0 saturated heterocycles. The van der Waals surface area contributed by atoms with Gasteiger partial charge in [0.25, 0.3) is 0 Å². The standard InChI is InChI=1S/C20H21NO/c1-12-6-8-17(10-14(12)3)19-16(5)20(22-21-19)18-9-7-13(2)15(4)11-18/h6-11H,1-5H3. The number of hydrogen-bond acceptors (Lipinski definition) is 2. The lowest BCUT2D eigenvalue weighted by atomic mass is 9.99. The van der Waals surface area contributed by atoms with Gasteiger partial charge < -0.3 is 4.52 Å². The summed E-state index contributed by atoms with van der Waals surface area (Å²) in [6, 6.07) is 12.8. The molecule has 0 amide bonds. The molecule has 3 aromatic rings. The summed E-state index contributed by atoms with van der Waals surface area (Å²) in [4.78, 5) is 0. The van der Waals surface area contributed by atoms with Gasteiger partial charge in [0.15, 0.2) is 5.76 Å². The van der Waals surface area contributed by atoms with E-state index in [2.05, 4.69) is 76.2 Å². The van der Waals surface area contributed by atoms with Crippen molar-refractivity contribution in [1.29, 1.82) is 0 Å². The van der Waals surface area contributed by atoms with Crippen LogP contribution in [-0.2, 0) is 0 Å². The van der Waals surface area contributed by atoms with Gasteiger partial charge in [-0.1, -0.05) is 29.4 Å². The van der Waals surface area contributed by atoms with E-state index in [9.17, 15) is 0 Å². The average molecular weight is 291 g/mol. The molecule has 0 unspecified atom stereocenters. The van der Waals surface area contributed by atoms with Crippen LogP contribution in [0.1, 0.15) is 27.8 Å². The van der Waals surface area contributed by atoms with E-state index in [1.54, 1.807) is 0 Å². The Morgan fingerprint density at radius 1 is 0.682 bits per heavy atom. The van der Waals surface area contributed by atoms with Crippen molar-refractivity contribution in [2.24, 2.45) is 0 Å². The Labute approximate surface area is 131 Å². The molecule has 1 heterocycles. The Morgan fingerprint density at radius 2 is 1.23 bits per heavy atom. The highest BCUT2D eigenvalue weighted by atomic mass is 16.5. The average Bonchev–Trinajstić information content (AvgIpc) is 2.87. The summed E-state index contributed by atoms with van der Waals surface area (Å²) >= 11 is 0. The van der Waals surface area contributed by atoms with Gasteiger partial charge in [0.05, 0.1) is 0 Å². The van der Waals surface area contributed by atoms with Gasteiger partial charge >= 0.3 is 0 Å². The van der Waals surface area contributed by atoms with Gasteiger partial charge in [-0.05, 0) is 69.0 Å². The molecule has 0 saturated carbocycles. The van der Waals surface area contributed by atoms with Gasteiger partial charge in [-0.2, -0.15) is 0 Å². The second kappa shape index (κ2) is 5.45. The lowest BCUT2D eigenvalue weighted by molar-refractivity contribution is 0.434. The van der Waals surface area contributed by atoms with Crippen LogP contribution < -0.4 is 0 Å². The number of hydrogen-bond donors (Lipinski definition) is 0. The molecule has 22 heavy (non-hydrogen) atoms. The number of aromatic nitrogens is 1. The first kappa shape index (κ1) is 14.6. The first-order valence-corrected chi connectivity index (χ1v) is 7.59. The van der Waals surface area contributed by atoms with Gasteiger partial charge in [0, 0.05) is 16.7 Å². The third-order valence-electron chi connectivity index (χ3n) is 4.47. The van der Waals surface area contributed by atoms with E-state index in [0.717, 1.165) is 28.1 Å². The maximum Gasteiger partial charge on any atom is 0.170 e. The van der Waals surface area contributed by atoms with E-state index in [-0.39, 0.29) is 0 Å². The van der Waals surface area contributed by atoms with Crippen molar-refractivity contribution in [2.45, 2.75) is 34.6 Å². The minimum Gasteiger partial charge on any atom is -0.355 e. The molecule has 0 fully saturated rings. The highest BCUT2D eigenvalue weighted by molar-refractivity contribution is 5.73. The monoisotopic (exact) mass is 291 g/mol. The highest BCUT2D eigenvalue weighted by Crippen LogP contribution is 2.32. The third-order valence-corrected chi connectivity index (χ3v) is 4.47. The normalized spacial score (nSPS) is 11.0. The number of rotatable bonds is 2. The molecule has 112 valence electrons. The van der Waals surface area contributed by atoms with Crippen LogP contribution in [0, 0.1) is 34.6 Å². The Balaban J connectivity index is 2.08. The molecule has 2 aromatic carbocycles. The third kappa shape index (κ3) is 2.45. The first-order valence-electron chi connectivity index (χ1n) is 7.59. The van der Waals surface area contributed by atoms with Crippen LogP contribution in [0.5, 0.6) is 0 Å². The zero-order chi connectivity index (χ0) is 15.9. The molecule has 2 nitrogen and oxygen atoms in total. The van der Waals surface area contributed by atoms with Crippen LogP contribution in [0.4, 0.5) is 0 Å². The Bertz CT molecular complexity index is 774. The van der Waals surface area contributed by atoms with E-state index >= 15 is 0 Å². The summed E-state index contributed by atoms with van der Waals surface area (Å²) < 4.78 is 5.65. The van der Waals surface area contributed by atoms with Crippen LogP contribution >= 0.6 is 0 Å². The highest BCUT2D eigenvalue weighted by Gasteiger charge is 2.16. The van der Waals surface area contributed by atoms with E-state index in [1.807, 2.05) is 0 Å². The summed E-state index contributed by atoms with van der Waals surface area (Å²) in [6.07, 6.45) is 0. The molecule has 0 bridgehead atoms. The van der Waals surface area contributed by atoms with E-state index < -0.39 is 0 Å². The Kier molecular flexibility index (Phi) is 3.61. The lowest BCUT2D eigenvalue weighted by Crippen LogP contribution is -1.87. The number of nitrogens with zero attached hydrogens (tertiary/aromatic N) is 1. The van der Waals surface area contributed by atoms with Gasteiger partial charge in [-0.3, -0.25) is 0 Å². The van der Waals surface area contributed by atoms with Crippen LogP contribution in [0.3, 0.4) is 0 Å². The Morgan fingerprint density at radius 3 is 1.82 bits per heavy atom. The molecule has 0 aliphatic heterocycles. The van der Waals surface area contributed by atoms with E-state index in [4.69, 9.17) is 4.52 Å². The van der Waals surface area contributed by atoms with Crippen molar-refractivity contribution in [3.8, 4) is 22.6 Å². The molecule has 0 spiro atoms. The minimum absolute atomic E-state index is 0.858. The molecule has 0 radical (unpaired) electrons. The maximum absolute atomic E-state index is 5.65. The molecule has 0 atom stereocenters. The fraction of sp³-hybridized carbons (Fsp3) is 0.250. The summed E-state index contributed by atoms with van der Waals surface area (Å²) in [6.45, 7) is 10.6. The molecule has 3 rings (SSSR count). The molecular weight excluding hydrogens is 270 g/mol. The van der Waals surface area contributed by atoms with Gasteiger partial charge in [0.2, 0.25) is 0 Å². The molecule has 0 N–H and O–H groups in total.